The summed E-state index contributed by atoms with van der Waals surface area (Å²) in [4.78, 5) is 17.3. The molecule has 1 amide bonds. The SMILES string of the molecule is Cc1c(Oc2ccnc(-c3ccn(C4CCOCC4)c3)c2)cccc1C(=O)NCc1cc(F)cc(F)c1. The van der Waals surface area contributed by atoms with Crippen molar-refractivity contribution in [1.82, 2.24) is 14.9 Å². The van der Waals surface area contributed by atoms with Crippen LogP contribution in [0.15, 0.2) is 73.2 Å². The van der Waals surface area contributed by atoms with Crippen LogP contribution in [-0.2, 0) is 11.3 Å². The predicted octanol–water partition coefficient (Wildman–Crippen LogP) is 6.21. The molecule has 1 aliphatic heterocycles. The zero-order valence-electron chi connectivity index (χ0n) is 20.4. The molecule has 1 saturated heterocycles. The van der Waals surface area contributed by atoms with Gasteiger partial charge in [-0.05, 0) is 61.7 Å². The molecule has 1 aliphatic rings. The summed E-state index contributed by atoms with van der Waals surface area (Å²) in [6.07, 6.45) is 7.86. The van der Waals surface area contributed by atoms with Crippen LogP contribution >= 0.6 is 0 Å². The highest BCUT2D eigenvalue weighted by molar-refractivity contribution is 5.96. The molecule has 6 nitrogen and oxygen atoms in total. The molecule has 0 saturated carbocycles. The van der Waals surface area contributed by atoms with Crippen LogP contribution in [0.2, 0.25) is 0 Å². The lowest BCUT2D eigenvalue weighted by Gasteiger charge is -2.23. The topological polar surface area (TPSA) is 65.4 Å². The molecule has 1 N–H and O–H groups in total. The van der Waals surface area contributed by atoms with Gasteiger partial charge in [0.1, 0.15) is 23.1 Å². The molecule has 1 fully saturated rings. The number of pyridine rings is 1. The van der Waals surface area contributed by atoms with Crippen LogP contribution in [0.25, 0.3) is 11.3 Å². The van der Waals surface area contributed by atoms with E-state index < -0.39 is 11.6 Å². The maximum Gasteiger partial charge on any atom is 0.251 e. The Morgan fingerprint density at radius 3 is 2.68 bits per heavy atom. The minimum atomic E-state index is -0.687. The average molecular weight is 504 g/mol. The van der Waals surface area contributed by atoms with Crippen molar-refractivity contribution in [2.75, 3.05) is 13.2 Å². The highest BCUT2D eigenvalue weighted by atomic mass is 19.1. The van der Waals surface area contributed by atoms with Crippen molar-refractivity contribution in [3.8, 4) is 22.8 Å². The van der Waals surface area contributed by atoms with Gasteiger partial charge in [-0.25, -0.2) is 8.78 Å². The van der Waals surface area contributed by atoms with Crippen molar-refractivity contribution in [3.63, 3.8) is 0 Å². The Kier molecular flexibility index (Phi) is 7.28. The maximum atomic E-state index is 13.4. The van der Waals surface area contributed by atoms with Crippen LogP contribution in [0.1, 0.15) is 40.4 Å². The van der Waals surface area contributed by atoms with Crippen molar-refractivity contribution < 1.29 is 23.0 Å². The fraction of sp³-hybridized carbons (Fsp3) is 0.241. The number of hydrogen-bond donors (Lipinski definition) is 1. The monoisotopic (exact) mass is 503 g/mol. The molecule has 0 bridgehead atoms. The Balaban J connectivity index is 1.29. The van der Waals surface area contributed by atoms with E-state index in [-0.39, 0.29) is 12.5 Å². The maximum absolute atomic E-state index is 13.4. The molecule has 8 heteroatoms. The molecule has 0 unspecified atom stereocenters. The quantitative estimate of drug-likeness (QED) is 0.326. The molecule has 0 atom stereocenters. The summed E-state index contributed by atoms with van der Waals surface area (Å²) in [5, 5.41) is 2.71. The Hall–Kier alpha value is -4.04. The summed E-state index contributed by atoms with van der Waals surface area (Å²) in [5.74, 6) is -0.612. The Morgan fingerprint density at radius 2 is 1.89 bits per heavy atom. The van der Waals surface area contributed by atoms with Gasteiger partial charge in [0.2, 0.25) is 0 Å². The molecule has 190 valence electrons. The van der Waals surface area contributed by atoms with Crippen molar-refractivity contribution in [1.29, 1.82) is 0 Å². The van der Waals surface area contributed by atoms with Crippen molar-refractivity contribution >= 4 is 5.91 Å². The molecule has 0 spiro atoms. The summed E-state index contributed by atoms with van der Waals surface area (Å²) in [6.45, 7) is 3.35. The molecule has 3 heterocycles. The molecule has 0 radical (unpaired) electrons. The van der Waals surface area contributed by atoms with E-state index in [1.165, 1.54) is 12.1 Å². The molecule has 2 aromatic heterocycles. The van der Waals surface area contributed by atoms with Crippen LogP contribution in [0, 0.1) is 18.6 Å². The number of nitrogens with one attached hydrogen (secondary N) is 1. The van der Waals surface area contributed by atoms with Crippen LogP contribution in [0.5, 0.6) is 11.5 Å². The third kappa shape index (κ3) is 5.86. The van der Waals surface area contributed by atoms with Gasteiger partial charge in [-0.15, -0.1) is 0 Å². The molecule has 0 aliphatic carbocycles. The molecular formula is C29H27F2N3O3. The van der Waals surface area contributed by atoms with Gasteiger partial charge >= 0.3 is 0 Å². The smallest absolute Gasteiger partial charge is 0.251 e. The Bertz CT molecular complexity index is 1390. The van der Waals surface area contributed by atoms with Crippen molar-refractivity contribution in [3.05, 3.63) is 102 Å². The van der Waals surface area contributed by atoms with Gasteiger partial charge in [-0.2, -0.15) is 0 Å². The van der Waals surface area contributed by atoms with Gasteiger partial charge < -0.3 is 19.4 Å². The number of carbonyl (C=O) groups is 1. The van der Waals surface area contributed by atoms with E-state index in [0.717, 1.165) is 43.4 Å². The number of amides is 1. The van der Waals surface area contributed by atoms with Crippen LogP contribution in [-0.4, -0.2) is 28.7 Å². The van der Waals surface area contributed by atoms with E-state index in [2.05, 4.69) is 27.3 Å². The number of rotatable bonds is 7. The van der Waals surface area contributed by atoms with E-state index in [0.29, 0.717) is 34.2 Å². The van der Waals surface area contributed by atoms with Gasteiger partial charge in [0.05, 0.1) is 5.69 Å². The zero-order chi connectivity index (χ0) is 25.8. The van der Waals surface area contributed by atoms with Crippen molar-refractivity contribution in [2.45, 2.75) is 32.4 Å². The number of hydrogen-bond acceptors (Lipinski definition) is 4. The van der Waals surface area contributed by atoms with E-state index in [9.17, 15) is 13.6 Å². The minimum Gasteiger partial charge on any atom is -0.457 e. The first-order valence-electron chi connectivity index (χ1n) is 12.2. The predicted molar refractivity (Wildman–Crippen MR) is 136 cm³/mol. The first-order chi connectivity index (χ1) is 18.0. The fourth-order valence-corrected chi connectivity index (χ4v) is 4.50. The van der Waals surface area contributed by atoms with Gasteiger partial charge in [0.25, 0.3) is 5.91 Å². The van der Waals surface area contributed by atoms with E-state index in [1.807, 2.05) is 12.1 Å². The highest BCUT2D eigenvalue weighted by Gasteiger charge is 2.17. The van der Waals surface area contributed by atoms with Crippen LogP contribution in [0.3, 0.4) is 0 Å². The van der Waals surface area contributed by atoms with Crippen molar-refractivity contribution in [2.24, 2.45) is 0 Å². The van der Waals surface area contributed by atoms with Gasteiger partial charge in [-0.3, -0.25) is 9.78 Å². The van der Waals surface area contributed by atoms with Crippen LogP contribution < -0.4 is 10.1 Å². The number of aromatic nitrogens is 2. The Labute approximate surface area is 213 Å². The van der Waals surface area contributed by atoms with Gasteiger partial charge in [0, 0.05) is 73.2 Å². The van der Waals surface area contributed by atoms with E-state index in [4.69, 9.17) is 9.47 Å². The first-order valence-corrected chi connectivity index (χ1v) is 12.2. The molecule has 2 aromatic carbocycles. The molecule has 4 aromatic rings. The third-order valence-corrected chi connectivity index (χ3v) is 6.49. The average Bonchev–Trinajstić information content (AvgIpc) is 3.39. The molecule has 5 rings (SSSR count). The third-order valence-electron chi connectivity index (χ3n) is 6.49. The summed E-state index contributed by atoms with van der Waals surface area (Å²) in [7, 11) is 0. The fourth-order valence-electron chi connectivity index (χ4n) is 4.50. The molecular weight excluding hydrogens is 476 g/mol. The lowest BCUT2D eigenvalue weighted by Crippen LogP contribution is -2.23. The number of halogens is 2. The minimum absolute atomic E-state index is 0.000713. The van der Waals surface area contributed by atoms with Crippen LogP contribution in [0.4, 0.5) is 8.78 Å². The van der Waals surface area contributed by atoms with Gasteiger partial charge in [-0.1, -0.05) is 6.07 Å². The number of benzene rings is 2. The lowest BCUT2D eigenvalue weighted by atomic mass is 10.1. The summed E-state index contributed by atoms with van der Waals surface area (Å²) >= 11 is 0. The summed E-state index contributed by atoms with van der Waals surface area (Å²) in [6, 6.07) is 14.5. The molecule has 37 heavy (non-hydrogen) atoms. The number of nitrogens with zero attached hydrogens (tertiary/aromatic N) is 2. The second-order valence-corrected chi connectivity index (χ2v) is 9.06. The second kappa shape index (κ2) is 10.9. The Morgan fingerprint density at radius 1 is 1.11 bits per heavy atom. The standard InChI is InChI=1S/C29H27F2N3O3/c1-19-26(29(35)33-17-20-13-22(30)15-23(31)14-20)3-2-4-28(19)37-25-5-9-32-27(16-25)21-6-10-34(18-21)24-7-11-36-12-8-24/h2-6,9-10,13-16,18,24H,7-8,11-12,17H2,1H3,(H,33,35). The largest absolute Gasteiger partial charge is 0.457 e. The second-order valence-electron chi connectivity index (χ2n) is 9.06. The van der Waals surface area contributed by atoms with E-state index >= 15 is 0 Å². The lowest BCUT2D eigenvalue weighted by molar-refractivity contribution is 0.0697. The first kappa shape index (κ1) is 24.6. The normalized spacial score (nSPS) is 13.9. The van der Waals surface area contributed by atoms with Gasteiger partial charge in [0.15, 0.2) is 0 Å². The zero-order valence-corrected chi connectivity index (χ0v) is 20.4. The van der Waals surface area contributed by atoms with E-state index in [1.54, 1.807) is 37.4 Å². The number of carbonyl (C=O) groups excluding carboxylic acids is 1. The highest BCUT2D eigenvalue weighted by Crippen LogP contribution is 2.31. The number of ether oxygens (including phenoxy) is 2. The summed E-state index contributed by atoms with van der Waals surface area (Å²) < 4.78 is 40.7. The summed E-state index contributed by atoms with van der Waals surface area (Å²) in [5.41, 5.74) is 3.19.